The van der Waals surface area contributed by atoms with Gasteiger partial charge >= 0.3 is 0 Å². The SMILES string of the molecule is COc1ccc([C@@H]2C3=C(CC(C)(C)CC3=O)Oc3ncn4nc(CO/N=C(\C)c5ccccc5)nc4c32)cc1. The Morgan fingerprint density at radius 2 is 1.90 bits per heavy atom. The van der Waals surface area contributed by atoms with Crippen molar-refractivity contribution in [2.75, 3.05) is 7.11 Å². The first-order valence-electron chi connectivity index (χ1n) is 12.9. The lowest BCUT2D eigenvalue weighted by Crippen LogP contribution is -2.33. The first kappa shape index (κ1) is 24.8. The molecule has 0 N–H and O–H groups in total. The van der Waals surface area contributed by atoms with Gasteiger partial charge in [0.25, 0.3) is 0 Å². The molecule has 39 heavy (non-hydrogen) atoms. The second kappa shape index (κ2) is 9.65. The molecule has 1 aliphatic carbocycles. The lowest BCUT2D eigenvalue weighted by atomic mass is 9.70. The third kappa shape index (κ3) is 4.65. The molecular weight excluding hydrogens is 494 g/mol. The predicted octanol–water partition coefficient (Wildman–Crippen LogP) is 5.24. The fraction of sp³-hybridized carbons (Fsp3) is 0.300. The summed E-state index contributed by atoms with van der Waals surface area (Å²) in [6.45, 7) is 6.13. The average molecular weight is 524 g/mol. The molecule has 0 fully saturated rings. The normalized spacial score (nSPS) is 18.4. The minimum Gasteiger partial charge on any atom is -0.497 e. The molecule has 2 aromatic heterocycles. The minimum atomic E-state index is -0.397. The zero-order valence-electron chi connectivity index (χ0n) is 22.3. The first-order chi connectivity index (χ1) is 18.8. The van der Waals surface area contributed by atoms with Crippen LogP contribution in [-0.4, -0.2) is 38.2 Å². The Balaban J connectivity index is 1.40. The zero-order valence-corrected chi connectivity index (χ0v) is 22.3. The number of Topliss-reactive ketones (excluding diaryl/α,β-unsaturated/α-hetero) is 1. The zero-order chi connectivity index (χ0) is 27.1. The molecule has 1 atom stereocenters. The van der Waals surface area contributed by atoms with E-state index < -0.39 is 5.92 Å². The summed E-state index contributed by atoms with van der Waals surface area (Å²) in [5.41, 5.74) is 4.39. The number of hydrogen-bond acceptors (Lipinski definition) is 8. The molecule has 9 nitrogen and oxygen atoms in total. The van der Waals surface area contributed by atoms with Crippen molar-refractivity contribution in [3.05, 3.63) is 94.8 Å². The molecular formula is C30H29N5O4. The maximum absolute atomic E-state index is 13.6. The lowest BCUT2D eigenvalue weighted by Gasteiger charge is -2.37. The van der Waals surface area contributed by atoms with Gasteiger partial charge in [0.2, 0.25) is 5.88 Å². The van der Waals surface area contributed by atoms with E-state index in [4.69, 9.17) is 19.3 Å². The summed E-state index contributed by atoms with van der Waals surface area (Å²) >= 11 is 0. The molecule has 2 aliphatic rings. The van der Waals surface area contributed by atoms with E-state index in [9.17, 15) is 4.79 Å². The standard InChI is InChI=1S/C30H29N5O4/c1-18(19-8-6-5-7-9-19)34-38-16-24-32-28-27-25(20-10-12-21(37-4)13-11-20)26-22(36)14-30(2,3)15-23(26)39-29(27)31-17-35(28)33-24/h5-13,17,25H,14-16H2,1-4H3/b34-18+/t25-/m1/s1. The number of fused-ring (bicyclic) bond motifs is 3. The number of aromatic nitrogens is 4. The molecule has 0 saturated carbocycles. The topological polar surface area (TPSA) is 100 Å². The summed E-state index contributed by atoms with van der Waals surface area (Å²) in [4.78, 5) is 28.5. The van der Waals surface area contributed by atoms with Crippen molar-refractivity contribution < 1.29 is 19.1 Å². The van der Waals surface area contributed by atoms with Crippen molar-refractivity contribution >= 4 is 17.1 Å². The smallest absolute Gasteiger partial charge is 0.228 e. The highest BCUT2D eigenvalue weighted by Gasteiger charge is 2.44. The van der Waals surface area contributed by atoms with Gasteiger partial charge in [-0.3, -0.25) is 4.79 Å². The Hall–Kier alpha value is -4.53. The summed E-state index contributed by atoms with van der Waals surface area (Å²) in [7, 11) is 1.63. The van der Waals surface area contributed by atoms with Crippen molar-refractivity contribution in [1.29, 1.82) is 0 Å². The van der Waals surface area contributed by atoms with Gasteiger partial charge in [-0.25, -0.2) is 14.5 Å². The lowest BCUT2D eigenvalue weighted by molar-refractivity contribution is -0.118. The van der Waals surface area contributed by atoms with Gasteiger partial charge in [-0.2, -0.15) is 0 Å². The Kier molecular flexibility index (Phi) is 6.13. The van der Waals surface area contributed by atoms with Crippen molar-refractivity contribution in [3.63, 3.8) is 0 Å². The van der Waals surface area contributed by atoms with Crippen LogP contribution in [0, 0.1) is 5.41 Å². The average Bonchev–Trinajstić information content (AvgIpc) is 3.35. The summed E-state index contributed by atoms with van der Waals surface area (Å²) in [6.07, 6.45) is 2.67. The minimum absolute atomic E-state index is 0.0727. The van der Waals surface area contributed by atoms with Crippen LogP contribution in [0.5, 0.6) is 11.6 Å². The Morgan fingerprint density at radius 3 is 2.64 bits per heavy atom. The van der Waals surface area contributed by atoms with Gasteiger partial charge in [0.05, 0.1) is 18.4 Å². The number of methoxy groups -OCH3 is 1. The summed E-state index contributed by atoms with van der Waals surface area (Å²) < 4.78 is 13.3. The van der Waals surface area contributed by atoms with Crippen LogP contribution in [0.2, 0.25) is 0 Å². The fourth-order valence-corrected chi connectivity index (χ4v) is 5.30. The van der Waals surface area contributed by atoms with Gasteiger partial charge in [-0.15, -0.1) is 5.10 Å². The molecule has 0 bridgehead atoms. The number of ether oxygens (including phenoxy) is 2. The molecule has 4 aromatic rings. The van der Waals surface area contributed by atoms with Crippen LogP contribution >= 0.6 is 0 Å². The molecule has 0 saturated heterocycles. The number of allylic oxidation sites excluding steroid dienone is 2. The molecule has 2 aromatic carbocycles. The number of ketones is 1. The number of benzene rings is 2. The van der Waals surface area contributed by atoms with Crippen LogP contribution in [0.3, 0.4) is 0 Å². The van der Waals surface area contributed by atoms with Gasteiger partial charge in [0.1, 0.15) is 17.8 Å². The van der Waals surface area contributed by atoms with E-state index in [0.29, 0.717) is 47.1 Å². The molecule has 6 rings (SSSR count). The highest BCUT2D eigenvalue weighted by molar-refractivity contribution is 6.00. The molecule has 0 spiro atoms. The van der Waals surface area contributed by atoms with E-state index >= 15 is 0 Å². The number of nitrogens with zero attached hydrogens (tertiary/aromatic N) is 5. The van der Waals surface area contributed by atoms with E-state index in [-0.39, 0.29) is 17.8 Å². The second-order valence-electron chi connectivity index (χ2n) is 10.7. The fourth-order valence-electron chi connectivity index (χ4n) is 5.30. The van der Waals surface area contributed by atoms with Crippen LogP contribution in [0.1, 0.15) is 62.0 Å². The molecule has 9 heteroatoms. The summed E-state index contributed by atoms with van der Waals surface area (Å²) in [5.74, 6) is 1.97. The van der Waals surface area contributed by atoms with Crippen LogP contribution in [0.25, 0.3) is 5.65 Å². The number of oxime groups is 1. The monoisotopic (exact) mass is 523 g/mol. The number of rotatable bonds is 6. The second-order valence-corrected chi connectivity index (χ2v) is 10.7. The highest BCUT2D eigenvalue weighted by atomic mass is 16.6. The van der Waals surface area contributed by atoms with Gasteiger partial charge in [0.15, 0.2) is 23.9 Å². The molecule has 1 aliphatic heterocycles. The first-order valence-corrected chi connectivity index (χ1v) is 12.9. The molecule has 0 radical (unpaired) electrons. The molecule has 3 heterocycles. The third-order valence-corrected chi connectivity index (χ3v) is 7.14. The van der Waals surface area contributed by atoms with Gasteiger partial charge in [0, 0.05) is 24.3 Å². The summed E-state index contributed by atoms with van der Waals surface area (Å²) in [5, 5.41) is 8.79. The van der Waals surface area contributed by atoms with Gasteiger partial charge < -0.3 is 14.3 Å². The van der Waals surface area contributed by atoms with Crippen molar-refractivity contribution in [3.8, 4) is 11.6 Å². The van der Waals surface area contributed by atoms with E-state index in [1.165, 1.54) is 0 Å². The summed E-state index contributed by atoms with van der Waals surface area (Å²) in [6, 6.07) is 17.5. The van der Waals surface area contributed by atoms with Gasteiger partial charge in [-0.1, -0.05) is 61.5 Å². The van der Waals surface area contributed by atoms with Crippen molar-refractivity contribution in [2.24, 2.45) is 10.6 Å². The van der Waals surface area contributed by atoms with Gasteiger partial charge in [-0.05, 0) is 35.6 Å². The Bertz CT molecular complexity index is 1620. The Morgan fingerprint density at radius 1 is 1.13 bits per heavy atom. The third-order valence-electron chi connectivity index (χ3n) is 7.14. The maximum atomic E-state index is 13.6. The van der Waals surface area contributed by atoms with E-state index in [2.05, 4.69) is 29.1 Å². The number of carbonyl (C=O) groups is 1. The van der Waals surface area contributed by atoms with E-state index in [1.54, 1.807) is 18.0 Å². The van der Waals surface area contributed by atoms with Crippen LogP contribution in [0.15, 0.2) is 77.4 Å². The number of hydrogen-bond donors (Lipinski definition) is 0. The molecule has 198 valence electrons. The molecule has 0 amide bonds. The van der Waals surface area contributed by atoms with Crippen LogP contribution < -0.4 is 9.47 Å². The maximum Gasteiger partial charge on any atom is 0.228 e. The van der Waals surface area contributed by atoms with E-state index in [0.717, 1.165) is 22.6 Å². The quantitative estimate of drug-likeness (QED) is 0.252. The largest absolute Gasteiger partial charge is 0.497 e. The Labute approximate surface area is 226 Å². The van der Waals surface area contributed by atoms with E-state index in [1.807, 2.05) is 61.5 Å². The highest BCUT2D eigenvalue weighted by Crippen LogP contribution is 2.50. The van der Waals surface area contributed by atoms with Crippen molar-refractivity contribution in [2.45, 2.75) is 46.1 Å². The molecule has 0 unspecified atom stereocenters. The van der Waals surface area contributed by atoms with Crippen LogP contribution in [0.4, 0.5) is 0 Å². The predicted molar refractivity (Wildman–Crippen MR) is 145 cm³/mol. The number of carbonyl (C=O) groups excluding carboxylic acids is 1. The van der Waals surface area contributed by atoms with Crippen molar-refractivity contribution in [1.82, 2.24) is 19.6 Å². The van der Waals surface area contributed by atoms with Crippen LogP contribution in [-0.2, 0) is 16.2 Å².